The molecule has 1 spiro atoms. The van der Waals surface area contributed by atoms with Crippen molar-refractivity contribution in [1.29, 1.82) is 0 Å². The van der Waals surface area contributed by atoms with Crippen LogP contribution in [0, 0.1) is 27.2 Å². The van der Waals surface area contributed by atoms with Crippen LogP contribution in [0.2, 0.25) is 0 Å². The zero-order chi connectivity index (χ0) is 22.9. The number of halogens is 1. The third kappa shape index (κ3) is 3.26. The van der Waals surface area contributed by atoms with Crippen LogP contribution in [0.1, 0.15) is 37.7 Å². The molecule has 3 aromatic rings. The number of hydrogen-bond acceptors (Lipinski definition) is 5. The summed E-state index contributed by atoms with van der Waals surface area (Å²) in [6.07, 6.45) is 7.23. The van der Waals surface area contributed by atoms with E-state index in [9.17, 15) is 9.59 Å². The second-order valence-electron chi connectivity index (χ2n) is 10.2. The molecule has 7 heteroatoms. The number of para-hydroxylation sites is 2. The number of benzene rings is 2. The summed E-state index contributed by atoms with van der Waals surface area (Å²) in [5, 5.41) is 0. The van der Waals surface area contributed by atoms with E-state index in [-0.39, 0.29) is 15.3 Å². The summed E-state index contributed by atoms with van der Waals surface area (Å²) in [4.78, 5) is 30.6. The Hall–Kier alpha value is -2.55. The van der Waals surface area contributed by atoms with Crippen molar-refractivity contribution >= 4 is 47.2 Å². The van der Waals surface area contributed by atoms with Gasteiger partial charge in [0.1, 0.15) is 0 Å². The molecular weight excluding hydrogens is 543 g/mol. The van der Waals surface area contributed by atoms with E-state index in [1.54, 1.807) is 0 Å². The lowest BCUT2D eigenvalue weighted by molar-refractivity contribution is -0.308. The van der Waals surface area contributed by atoms with Crippen LogP contribution in [0.15, 0.2) is 54.9 Å². The summed E-state index contributed by atoms with van der Waals surface area (Å²) in [5.41, 5.74) is 3.22. The number of nitrogens with zero attached hydrogens (tertiary/aromatic N) is 2. The van der Waals surface area contributed by atoms with Crippen LogP contribution in [0.5, 0.6) is 0 Å². The fourth-order valence-corrected chi connectivity index (χ4v) is 8.83. The monoisotopic (exact) mass is 568 g/mol. The third-order valence-corrected chi connectivity index (χ3v) is 10.9. The van der Waals surface area contributed by atoms with Crippen molar-refractivity contribution < 1.29 is 19.1 Å². The Bertz CT molecular complexity index is 1290. The minimum Gasteiger partial charge on any atom is -0.418 e. The van der Waals surface area contributed by atoms with Crippen molar-refractivity contribution in [3.63, 3.8) is 0 Å². The van der Waals surface area contributed by atoms with Crippen LogP contribution in [0.3, 0.4) is 0 Å². The van der Waals surface area contributed by atoms with Crippen LogP contribution in [0.25, 0.3) is 11.0 Å². The fraction of sp³-hybridized carbons (Fsp3) is 0.407. The smallest absolute Gasteiger partial charge is 0.354 e. The first-order valence-electron chi connectivity index (χ1n) is 12.0. The minimum atomic E-state index is -0.994. The van der Waals surface area contributed by atoms with E-state index in [1.807, 2.05) is 36.7 Å². The van der Waals surface area contributed by atoms with Crippen LogP contribution in [-0.4, -0.2) is 30.8 Å². The van der Waals surface area contributed by atoms with E-state index in [1.165, 1.54) is 6.42 Å². The Morgan fingerprint density at radius 1 is 0.882 bits per heavy atom. The van der Waals surface area contributed by atoms with Crippen molar-refractivity contribution in [3.8, 4) is 0 Å². The molecule has 4 saturated carbocycles. The van der Waals surface area contributed by atoms with Gasteiger partial charge >= 0.3 is 11.9 Å². The largest absolute Gasteiger partial charge is 0.418 e. The fourth-order valence-electron chi connectivity index (χ4n) is 6.83. The lowest BCUT2D eigenvalue weighted by atomic mass is 9.53. The van der Waals surface area contributed by atoms with Crippen molar-refractivity contribution in [2.75, 3.05) is 0 Å². The molecule has 0 unspecified atom stereocenters. The Labute approximate surface area is 207 Å². The summed E-state index contributed by atoms with van der Waals surface area (Å²) < 4.78 is 15.4. The first-order valence-corrected chi connectivity index (χ1v) is 14.2. The summed E-state index contributed by atoms with van der Waals surface area (Å²) in [7, 11) is 0. The topological polar surface area (TPSA) is 70.4 Å². The molecule has 6 nitrogen and oxygen atoms in total. The number of carbonyl (C=O) groups excluding carboxylic acids is 2. The Balaban J connectivity index is 1.10. The first-order chi connectivity index (χ1) is 16.6. The van der Waals surface area contributed by atoms with E-state index >= 15 is 0 Å². The van der Waals surface area contributed by atoms with Gasteiger partial charge in [0.15, 0.2) is 3.51 Å². The van der Waals surface area contributed by atoms with Gasteiger partial charge in [-0.1, -0.05) is 45.0 Å². The lowest BCUT2D eigenvalue weighted by Crippen LogP contribution is -2.65. The Kier molecular flexibility index (Phi) is 4.73. The number of imidazole rings is 1. The molecule has 5 aliphatic rings. The molecule has 1 aromatic heterocycles. The molecule has 8 rings (SSSR count). The van der Waals surface area contributed by atoms with Gasteiger partial charge in [-0.3, -0.25) is 0 Å². The van der Waals surface area contributed by atoms with Gasteiger partial charge in [0.2, 0.25) is 0 Å². The number of rotatable bonds is 3. The van der Waals surface area contributed by atoms with Crippen LogP contribution < -0.4 is 0 Å². The molecule has 174 valence electrons. The molecule has 2 aromatic carbocycles. The number of ether oxygens (including phenoxy) is 2. The Morgan fingerprint density at radius 2 is 1.53 bits per heavy atom. The summed E-state index contributed by atoms with van der Waals surface area (Å²) in [6.45, 7) is 0.715. The highest BCUT2D eigenvalue weighted by atomic mass is 127. The van der Waals surface area contributed by atoms with Gasteiger partial charge in [0.05, 0.1) is 17.4 Å². The van der Waals surface area contributed by atoms with Gasteiger partial charge in [-0.2, -0.15) is 0 Å². The predicted molar refractivity (Wildman–Crippen MR) is 135 cm³/mol. The molecule has 1 aliphatic heterocycles. The number of fused-ring (bicyclic) bond motifs is 1. The molecule has 4 bridgehead atoms. The maximum Gasteiger partial charge on any atom is 0.354 e. The minimum absolute atomic E-state index is 0.176. The average Bonchev–Trinajstić information content (AvgIpc) is 3.23. The van der Waals surface area contributed by atoms with Gasteiger partial charge in [0.25, 0.3) is 5.79 Å². The molecule has 0 atom stereocenters. The number of esters is 2. The molecule has 34 heavy (non-hydrogen) atoms. The molecule has 4 aliphatic carbocycles. The van der Waals surface area contributed by atoms with Crippen LogP contribution in [0.4, 0.5) is 0 Å². The number of carbonyl (C=O) groups is 2. The van der Waals surface area contributed by atoms with Crippen molar-refractivity contribution in [1.82, 2.24) is 9.55 Å². The van der Waals surface area contributed by atoms with E-state index < -0.39 is 38.5 Å². The van der Waals surface area contributed by atoms with E-state index in [2.05, 4.69) is 27.8 Å². The highest BCUT2D eigenvalue weighted by Crippen LogP contribution is 2.60. The second kappa shape index (κ2) is 7.73. The molecule has 0 radical (unpaired) electrons. The first kappa shape index (κ1) is 20.8. The lowest BCUT2D eigenvalue weighted by Gasteiger charge is -2.59. The standard InChI is InChI=1S/C27H25IN2O4/c31-25-24(26(32)34-27(33-25)19-10-17-9-18(12-19)13-20(27)11-17)28-21-7-5-16(6-8-21)14-30-15-29-22-3-1-2-4-23(22)30/h1-8,15,17-20H,9-14H2. The van der Waals surface area contributed by atoms with E-state index in [0.29, 0.717) is 18.4 Å². The molecule has 1 saturated heterocycles. The zero-order valence-corrected chi connectivity index (χ0v) is 20.8. The molecule has 5 fully saturated rings. The van der Waals surface area contributed by atoms with Crippen LogP contribution >= 0.6 is 20.7 Å². The maximum atomic E-state index is 13.1. The number of aromatic nitrogens is 2. The zero-order valence-electron chi connectivity index (χ0n) is 18.7. The van der Waals surface area contributed by atoms with Gasteiger partial charge in [0, 0.05) is 22.0 Å². The van der Waals surface area contributed by atoms with Crippen LogP contribution in [-0.2, 0) is 25.6 Å². The van der Waals surface area contributed by atoms with Gasteiger partial charge in [-0.05, 0) is 73.8 Å². The van der Waals surface area contributed by atoms with Gasteiger partial charge in [-0.25, -0.2) is 14.6 Å². The highest BCUT2D eigenvalue weighted by molar-refractivity contribution is 14.2. The molecule has 2 heterocycles. The normalized spacial score (nSPS) is 31.8. The molecular formula is C27H25IN2O4. The summed E-state index contributed by atoms with van der Waals surface area (Å²) in [5.74, 6) is -0.100. The summed E-state index contributed by atoms with van der Waals surface area (Å²) in [6, 6.07) is 16.2. The Morgan fingerprint density at radius 3 is 2.21 bits per heavy atom. The van der Waals surface area contributed by atoms with Gasteiger partial charge < -0.3 is 14.0 Å². The van der Waals surface area contributed by atoms with E-state index in [4.69, 9.17) is 9.47 Å². The summed E-state index contributed by atoms with van der Waals surface area (Å²) >= 11 is -0.974. The predicted octanol–water partition coefficient (Wildman–Crippen LogP) is 4.65. The quantitative estimate of drug-likeness (QED) is 0.340. The van der Waals surface area contributed by atoms with Crippen molar-refractivity contribution in [3.05, 3.63) is 64.0 Å². The van der Waals surface area contributed by atoms with Gasteiger partial charge in [-0.15, -0.1) is 0 Å². The maximum absolute atomic E-state index is 13.1. The van der Waals surface area contributed by atoms with Crippen molar-refractivity contribution in [2.45, 2.75) is 44.4 Å². The molecule has 0 amide bonds. The second-order valence-corrected chi connectivity index (χ2v) is 13.1. The highest BCUT2D eigenvalue weighted by Gasteiger charge is 2.64. The SMILES string of the molecule is O=C1OC2(OC(=O)C1=Ic1ccc(Cn3cnc4ccccc43)cc1)C1CC3CC(C1)CC2C3. The molecule has 0 N–H and O–H groups in total. The van der Waals surface area contributed by atoms with Crippen molar-refractivity contribution in [2.24, 2.45) is 23.7 Å². The third-order valence-electron chi connectivity index (χ3n) is 8.14. The average molecular weight is 568 g/mol. The number of hydrogen-bond donors (Lipinski definition) is 0. The van der Waals surface area contributed by atoms with E-state index in [0.717, 1.165) is 45.9 Å².